The molecule has 4 aliphatic rings. The van der Waals surface area contributed by atoms with Crippen LogP contribution in [-0.4, -0.2) is 63.0 Å². The number of allylic oxidation sites excluding steroid dienone is 8. The van der Waals surface area contributed by atoms with Gasteiger partial charge in [0.25, 0.3) is 0 Å². The van der Waals surface area contributed by atoms with Gasteiger partial charge in [0.15, 0.2) is 0 Å². The van der Waals surface area contributed by atoms with E-state index in [0.29, 0.717) is 0 Å². The predicted octanol–water partition coefficient (Wildman–Crippen LogP) is 1.07. The Balaban J connectivity index is 0.000000250. The van der Waals surface area contributed by atoms with E-state index in [2.05, 4.69) is 63.2 Å². The molecular formula is C16H16As4Ti. The van der Waals surface area contributed by atoms with Crippen LogP contribution in [0.1, 0.15) is 0 Å². The molecule has 4 atom stereocenters. The molecule has 0 aliphatic carbocycles. The Hall–Kier alpha value is 0.868. The molecule has 0 saturated heterocycles. The van der Waals surface area contributed by atoms with Crippen LogP contribution in [0.2, 0.25) is 0 Å². The van der Waals surface area contributed by atoms with Gasteiger partial charge in [-0.05, 0) is 0 Å². The Morgan fingerprint density at radius 3 is 0.714 bits per heavy atom. The number of rotatable bonds is 0. The second-order valence-corrected chi connectivity index (χ2v) is 10.9. The monoisotopic (exact) mass is 556 g/mol. The summed E-state index contributed by atoms with van der Waals surface area (Å²) in [5, 5.41) is 0. The summed E-state index contributed by atoms with van der Waals surface area (Å²) in [7, 11) is 0. The zero-order valence-electron chi connectivity index (χ0n) is 11.4. The first-order chi connectivity index (χ1) is 10.0. The fourth-order valence-corrected chi connectivity index (χ4v) is 5.00. The molecule has 0 aromatic carbocycles. The quantitative estimate of drug-likeness (QED) is 0.310. The normalized spacial score (nSPS) is 21.3. The van der Waals surface area contributed by atoms with Crippen LogP contribution in [0, 0.1) is 19.5 Å². The maximum absolute atomic E-state index is 3.11. The van der Waals surface area contributed by atoms with Crippen molar-refractivity contribution in [2.45, 2.75) is 0 Å². The summed E-state index contributed by atoms with van der Waals surface area (Å²) < 4.78 is 0. The van der Waals surface area contributed by atoms with Crippen LogP contribution in [-0.2, 0) is 21.7 Å². The van der Waals surface area contributed by atoms with Gasteiger partial charge in [0.1, 0.15) is 0 Å². The van der Waals surface area contributed by atoms with Crippen LogP contribution in [0.3, 0.4) is 0 Å². The van der Waals surface area contributed by atoms with Crippen molar-refractivity contribution in [2.24, 2.45) is 0 Å². The Labute approximate surface area is 170 Å². The van der Waals surface area contributed by atoms with E-state index in [0.717, 1.165) is 0 Å². The second kappa shape index (κ2) is 18.9. The smallest absolute Gasteiger partial charge is 4.00 e. The van der Waals surface area contributed by atoms with Gasteiger partial charge < -0.3 is 0 Å². The first-order valence-corrected chi connectivity index (χ1v) is 15.0. The van der Waals surface area contributed by atoms with E-state index in [9.17, 15) is 0 Å². The molecule has 0 fully saturated rings. The predicted molar refractivity (Wildman–Crippen MR) is 96.4 cm³/mol. The fourth-order valence-electron chi connectivity index (χ4n) is 0.962. The van der Waals surface area contributed by atoms with Gasteiger partial charge in [0.05, 0.1) is 0 Å². The minimum Gasteiger partial charge on any atom is 4.00 e. The standard InChI is InChI=1S/4C4H4As.Ti/c4*1-2-4-5-3-1;/h4*1-3,5H;/q4*-1;+4. The first kappa shape index (κ1) is 21.9. The van der Waals surface area contributed by atoms with Crippen molar-refractivity contribution in [1.82, 2.24) is 0 Å². The van der Waals surface area contributed by atoms with Crippen LogP contribution in [0.4, 0.5) is 0 Å². The van der Waals surface area contributed by atoms with Gasteiger partial charge in [0, 0.05) is 0 Å². The fraction of sp³-hybridized carbons (Fsp3) is 0. The van der Waals surface area contributed by atoms with E-state index in [-0.39, 0.29) is 84.7 Å². The molecule has 4 rings (SSSR count). The van der Waals surface area contributed by atoms with E-state index in [4.69, 9.17) is 0 Å². The molecule has 5 heteroatoms. The Kier molecular flexibility index (Phi) is 19.7. The molecule has 0 bridgehead atoms. The van der Waals surface area contributed by atoms with Gasteiger partial charge in [-0.25, -0.2) is 0 Å². The summed E-state index contributed by atoms with van der Waals surface area (Å²) in [4.78, 5) is 21.2. The molecular weight excluding hydrogens is 540 g/mol. The van der Waals surface area contributed by atoms with Crippen LogP contribution in [0.15, 0.2) is 68.1 Å². The van der Waals surface area contributed by atoms with Gasteiger partial charge in [0.2, 0.25) is 0 Å². The average Bonchev–Trinajstić information content (AvgIpc) is 3.40. The molecule has 0 aromatic heterocycles. The summed E-state index contributed by atoms with van der Waals surface area (Å²) in [5.74, 6) is 0. The molecule has 104 valence electrons. The van der Waals surface area contributed by atoms with E-state index in [1.807, 2.05) is 24.3 Å². The van der Waals surface area contributed by atoms with Crippen LogP contribution in [0.25, 0.3) is 0 Å². The summed E-state index contributed by atoms with van der Waals surface area (Å²) in [6.07, 6.45) is 16.2. The van der Waals surface area contributed by atoms with Crippen LogP contribution in [0.5, 0.6) is 0 Å². The van der Waals surface area contributed by atoms with Crippen LogP contribution >= 0.6 is 0 Å². The van der Waals surface area contributed by atoms with Gasteiger partial charge in [-0.1, -0.05) is 0 Å². The van der Waals surface area contributed by atoms with Gasteiger partial charge in [-0.15, -0.1) is 0 Å². The van der Waals surface area contributed by atoms with E-state index in [1.54, 1.807) is 0 Å². The molecule has 0 radical (unpaired) electrons. The third kappa shape index (κ3) is 17.1. The summed E-state index contributed by atoms with van der Waals surface area (Å²) in [6.45, 7) is 0. The molecule has 0 N–H and O–H groups in total. The molecule has 0 spiro atoms. The maximum Gasteiger partial charge on any atom is 4.00 e. The number of hydrogen-bond donors (Lipinski definition) is 0. The molecule has 4 heterocycles. The SMILES string of the molecule is [C-]1=CC=C[AsH]1.[C-]1=CC=C[AsH]1.[C-]1=CC=C[AsH]1.[C-]1=CC=C[AsH]1.[Ti+4]. The van der Waals surface area contributed by atoms with Gasteiger partial charge in [-0.2, -0.15) is 0 Å². The van der Waals surface area contributed by atoms with Crippen LogP contribution < -0.4 is 0 Å². The third-order valence-corrected chi connectivity index (χ3v) is 7.58. The van der Waals surface area contributed by atoms with Crippen molar-refractivity contribution < 1.29 is 21.7 Å². The third-order valence-electron chi connectivity index (χ3n) is 1.77. The molecule has 21 heavy (non-hydrogen) atoms. The molecule has 4 unspecified atom stereocenters. The number of hydrogen-bond acceptors (Lipinski definition) is 0. The molecule has 0 amide bonds. The van der Waals surface area contributed by atoms with Crippen molar-refractivity contribution in [3.8, 4) is 0 Å². The van der Waals surface area contributed by atoms with E-state index < -0.39 is 0 Å². The summed E-state index contributed by atoms with van der Waals surface area (Å²) in [6, 6.07) is 0. The Morgan fingerprint density at radius 2 is 0.667 bits per heavy atom. The topological polar surface area (TPSA) is 0 Å². The summed E-state index contributed by atoms with van der Waals surface area (Å²) >= 11 is 0.611. The largest absolute Gasteiger partial charge is 4.00 e. The van der Waals surface area contributed by atoms with E-state index in [1.165, 1.54) is 0 Å². The minimum atomic E-state index is 0. The molecule has 0 aromatic rings. The van der Waals surface area contributed by atoms with Crippen molar-refractivity contribution in [3.63, 3.8) is 0 Å². The molecule has 0 saturated carbocycles. The zero-order valence-corrected chi connectivity index (χ0v) is 21.4. The van der Waals surface area contributed by atoms with Crippen molar-refractivity contribution in [3.05, 3.63) is 87.5 Å². The Bertz CT molecular complexity index is 341. The van der Waals surface area contributed by atoms with Crippen molar-refractivity contribution in [1.29, 1.82) is 0 Å². The zero-order chi connectivity index (χ0) is 14.1. The first-order valence-electron chi connectivity index (χ1n) is 5.98. The minimum absolute atomic E-state index is 0. The maximum atomic E-state index is 3.11. The van der Waals surface area contributed by atoms with E-state index >= 15 is 0 Å². The van der Waals surface area contributed by atoms with Gasteiger partial charge in [-0.3, -0.25) is 0 Å². The second-order valence-electron chi connectivity index (χ2n) is 3.26. The average molecular weight is 556 g/mol. The molecule has 4 aliphatic heterocycles. The Morgan fingerprint density at radius 1 is 0.429 bits per heavy atom. The van der Waals surface area contributed by atoms with Gasteiger partial charge >= 0.3 is 172 Å². The summed E-state index contributed by atoms with van der Waals surface area (Å²) in [5.41, 5.74) is 0. The molecule has 0 nitrogen and oxygen atoms in total. The van der Waals surface area contributed by atoms with Crippen molar-refractivity contribution in [2.75, 3.05) is 0 Å². The van der Waals surface area contributed by atoms with Crippen molar-refractivity contribution >= 4 is 63.0 Å².